The molecule has 0 spiro atoms. The van der Waals surface area contributed by atoms with Gasteiger partial charge in [0, 0.05) is 19.7 Å². The van der Waals surface area contributed by atoms with Crippen LogP contribution in [0.15, 0.2) is 47.5 Å². The maximum absolute atomic E-state index is 12.9. The molecule has 0 unspecified atom stereocenters. The molecule has 40 heavy (non-hydrogen) atoms. The van der Waals surface area contributed by atoms with Gasteiger partial charge in [0.05, 0.1) is 41.4 Å². The van der Waals surface area contributed by atoms with E-state index in [1.165, 1.54) is 11.8 Å². The van der Waals surface area contributed by atoms with Crippen molar-refractivity contribution in [2.75, 3.05) is 51.1 Å². The molecule has 0 saturated heterocycles. The molecule has 0 saturated carbocycles. The summed E-state index contributed by atoms with van der Waals surface area (Å²) in [6, 6.07) is 10.7. The van der Waals surface area contributed by atoms with Crippen LogP contribution in [0.3, 0.4) is 0 Å². The highest BCUT2D eigenvalue weighted by molar-refractivity contribution is 7.92. The van der Waals surface area contributed by atoms with Crippen LogP contribution >= 0.6 is 11.6 Å². The summed E-state index contributed by atoms with van der Waals surface area (Å²) in [5, 5.41) is 5.98. The first-order chi connectivity index (χ1) is 19.1. The number of hydrogen-bond donors (Lipinski definition) is 2. The number of rotatable bonds is 15. The Morgan fingerprint density at radius 2 is 1.82 bits per heavy atom. The summed E-state index contributed by atoms with van der Waals surface area (Å²) in [5.74, 6) is 1.23. The third kappa shape index (κ3) is 8.30. The number of hydrogen-bond acceptors (Lipinski definition) is 9. The molecule has 0 aliphatic heterocycles. The van der Waals surface area contributed by atoms with Crippen LogP contribution in [0.4, 0.5) is 23.1 Å². The molecule has 0 atom stereocenters. The Kier molecular flexibility index (Phi) is 11.6. The van der Waals surface area contributed by atoms with Gasteiger partial charge >= 0.3 is 0 Å². The van der Waals surface area contributed by atoms with Crippen molar-refractivity contribution in [1.82, 2.24) is 14.9 Å². The van der Waals surface area contributed by atoms with Gasteiger partial charge in [-0.15, -0.1) is 0 Å². The summed E-state index contributed by atoms with van der Waals surface area (Å²) in [7, 11) is 0.194. The highest BCUT2D eigenvalue weighted by Gasteiger charge is 2.23. The third-order valence-corrected chi connectivity index (χ3v) is 8.93. The number of aromatic nitrogens is 2. The predicted molar refractivity (Wildman–Crippen MR) is 162 cm³/mol. The number of aryl methyl sites for hydroxylation is 1. The van der Waals surface area contributed by atoms with Crippen LogP contribution in [-0.4, -0.2) is 69.0 Å². The summed E-state index contributed by atoms with van der Waals surface area (Å²) >= 11 is 6.39. The molecule has 0 bridgehead atoms. The zero-order valence-corrected chi connectivity index (χ0v) is 25.7. The largest absolute Gasteiger partial charge is 0.495 e. The fourth-order valence-corrected chi connectivity index (χ4v) is 5.33. The second-order valence-corrected chi connectivity index (χ2v) is 12.8. The molecular formula is C29H40ClN5O4S. The van der Waals surface area contributed by atoms with Crippen LogP contribution in [0.25, 0.3) is 0 Å². The van der Waals surface area contributed by atoms with E-state index in [0.717, 1.165) is 44.7 Å². The minimum atomic E-state index is -3.53. The predicted octanol–water partition coefficient (Wildman–Crippen LogP) is 6.02. The highest BCUT2D eigenvalue weighted by Crippen LogP contribution is 2.33. The Balaban J connectivity index is 1.78. The van der Waals surface area contributed by atoms with E-state index < -0.39 is 15.1 Å². The van der Waals surface area contributed by atoms with Crippen LogP contribution < -0.4 is 15.4 Å². The number of ether oxygens (including phenoxy) is 2. The van der Waals surface area contributed by atoms with Crippen LogP contribution in [-0.2, 0) is 21.0 Å². The van der Waals surface area contributed by atoms with Crippen molar-refractivity contribution in [2.24, 2.45) is 0 Å². The van der Waals surface area contributed by atoms with E-state index >= 15 is 0 Å². The van der Waals surface area contributed by atoms with Crippen molar-refractivity contribution in [1.29, 1.82) is 0 Å². The lowest BCUT2D eigenvalue weighted by atomic mass is 10.0. The number of methoxy groups -OCH3 is 1. The molecule has 11 heteroatoms. The van der Waals surface area contributed by atoms with Gasteiger partial charge in [-0.3, -0.25) is 0 Å². The van der Waals surface area contributed by atoms with E-state index in [2.05, 4.69) is 46.4 Å². The molecule has 3 rings (SSSR count). The average Bonchev–Trinajstić information content (AvgIpc) is 2.92. The SMILES string of the molecule is CCCOCCN(C)CCc1cc(OC)c(Nc2ncc(Cl)c(Nc3ccccc3S(=O)(=O)C(C)C)n2)cc1C. The number of sulfone groups is 1. The van der Waals surface area contributed by atoms with Crippen molar-refractivity contribution < 1.29 is 17.9 Å². The van der Waals surface area contributed by atoms with E-state index in [9.17, 15) is 8.42 Å². The molecule has 2 aromatic carbocycles. The minimum absolute atomic E-state index is 0.182. The van der Waals surface area contributed by atoms with Crippen molar-refractivity contribution in [3.63, 3.8) is 0 Å². The lowest BCUT2D eigenvalue weighted by Crippen LogP contribution is -2.25. The Hall–Kier alpha value is -2.92. The van der Waals surface area contributed by atoms with Gasteiger partial charge in [-0.05, 0) is 76.1 Å². The molecule has 3 aromatic rings. The standard InChI is InChI=1S/C29H40ClN5O4S/c1-7-15-39-16-14-35(5)13-12-22-18-26(38-6)25(17-21(22)4)33-29-31-19-23(30)28(34-29)32-24-10-8-9-11-27(24)40(36,37)20(2)3/h8-11,17-20H,7,12-16H2,1-6H3,(H2,31,32,33,34). The Morgan fingerprint density at radius 3 is 2.52 bits per heavy atom. The summed E-state index contributed by atoms with van der Waals surface area (Å²) in [5.41, 5.74) is 3.40. The van der Waals surface area contributed by atoms with E-state index in [-0.39, 0.29) is 21.7 Å². The second kappa shape index (κ2) is 14.6. The Morgan fingerprint density at radius 1 is 1.07 bits per heavy atom. The van der Waals surface area contributed by atoms with Crippen LogP contribution in [0.1, 0.15) is 38.3 Å². The molecule has 218 valence electrons. The van der Waals surface area contributed by atoms with Gasteiger partial charge in [-0.2, -0.15) is 4.98 Å². The van der Waals surface area contributed by atoms with Crippen molar-refractivity contribution in [3.05, 3.63) is 58.7 Å². The summed E-state index contributed by atoms with van der Waals surface area (Å²) in [4.78, 5) is 11.3. The number of likely N-dealkylation sites (N-methyl/N-ethyl adjacent to an activating group) is 1. The van der Waals surface area contributed by atoms with Gasteiger partial charge in [-0.25, -0.2) is 13.4 Å². The molecule has 0 fully saturated rings. The normalized spacial score (nSPS) is 11.7. The van der Waals surface area contributed by atoms with Gasteiger partial charge in [0.2, 0.25) is 5.95 Å². The number of benzene rings is 2. The first kappa shape index (κ1) is 31.6. The lowest BCUT2D eigenvalue weighted by molar-refractivity contribution is 0.112. The molecule has 2 N–H and O–H groups in total. The second-order valence-electron chi connectivity index (χ2n) is 9.87. The molecule has 9 nitrogen and oxygen atoms in total. The number of halogens is 1. The van der Waals surface area contributed by atoms with Crippen molar-refractivity contribution >= 4 is 44.6 Å². The van der Waals surface area contributed by atoms with Gasteiger partial charge in [0.25, 0.3) is 0 Å². The zero-order valence-electron chi connectivity index (χ0n) is 24.1. The summed E-state index contributed by atoms with van der Waals surface area (Å²) in [6.45, 7) is 10.8. The van der Waals surface area contributed by atoms with Crippen LogP contribution in [0, 0.1) is 6.92 Å². The van der Waals surface area contributed by atoms with Crippen LogP contribution in [0.5, 0.6) is 5.75 Å². The smallest absolute Gasteiger partial charge is 0.229 e. The zero-order chi connectivity index (χ0) is 29.3. The molecule has 0 aliphatic carbocycles. The third-order valence-electron chi connectivity index (χ3n) is 6.44. The number of para-hydroxylation sites is 1. The first-order valence-electron chi connectivity index (χ1n) is 13.4. The molecule has 0 amide bonds. The maximum atomic E-state index is 12.9. The Labute approximate surface area is 243 Å². The van der Waals surface area contributed by atoms with Crippen LogP contribution in [0.2, 0.25) is 5.02 Å². The topological polar surface area (TPSA) is 106 Å². The number of anilines is 4. The highest BCUT2D eigenvalue weighted by atomic mass is 35.5. The molecule has 1 aromatic heterocycles. The van der Waals surface area contributed by atoms with E-state index in [1.54, 1.807) is 45.2 Å². The quantitative estimate of drug-likeness (QED) is 0.206. The first-order valence-corrected chi connectivity index (χ1v) is 15.3. The van der Waals surface area contributed by atoms with Gasteiger partial charge in [0.1, 0.15) is 10.8 Å². The molecule has 0 aliphatic rings. The Bertz CT molecular complexity index is 1380. The number of nitrogens with zero attached hydrogens (tertiary/aromatic N) is 3. The molecule has 1 heterocycles. The van der Waals surface area contributed by atoms with E-state index in [0.29, 0.717) is 17.1 Å². The van der Waals surface area contributed by atoms with Crippen molar-refractivity contribution in [2.45, 2.75) is 50.7 Å². The monoisotopic (exact) mass is 589 g/mol. The van der Waals surface area contributed by atoms with Gasteiger partial charge < -0.3 is 25.0 Å². The minimum Gasteiger partial charge on any atom is -0.495 e. The maximum Gasteiger partial charge on any atom is 0.229 e. The van der Waals surface area contributed by atoms with E-state index in [1.807, 2.05) is 12.1 Å². The van der Waals surface area contributed by atoms with Gasteiger partial charge in [0.15, 0.2) is 15.7 Å². The van der Waals surface area contributed by atoms with E-state index in [4.69, 9.17) is 21.1 Å². The molecule has 0 radical (unpaired) electrons. The van der Waals surface area contributed by atoms with Gasteiger partial charge in [-0.1, -0.05) is 30.7 Å². The number of nitrogens with one attached hydrogen (secondary N) is 2. The summed E-state index contributed by atoms with van der Waals surface area (Å²) in [6.07, 6.45) is 3.36. The lowest BCUT2D eigenvalue weighted by Gasteiger charge is -2.19. The summed E-state index contributed by atoms with van der Waals surface area (Å²) < 4.78 is 37.0. The van der Waals surface area contributed by atoms with Crippen molar-refractivity contribution in [3.8, 4) is 5.75 Å². The fourth-order valence-electron chi connectivity index (χ4n) is 3.99. The fraction of sp³-hybridized carbons (Fsp3) is 0.448. The molecular weight excluding hydrogens is 550 g/mol. The average molecular weight is 590 g/mol.